The van der Waals surface area contributed by atoms with E-state index in [4.69, 9.17) is 9.47 Å². The van der Waals surface area contributed by atoms with E-state index in [0.717, 1.165) is 41.1 Å². The van der Waals surface area contributed by atoms with Crippen LogP contribution in [0.4, 0.5) is 5.69 Å². The third-order valence-corrected chi connectivity index (χ3v) is 5.62. The molecule has 0 aliphatic heterocycles. The molecule has 2 aromatic rings. The molecule has 8 heteroatoms. The zero-order valence-corrected chi connectivity index (χ0v) is 19.3. The minimum atomic E-state index is -3.61. The fraction of sp³-hybridized carbons (Fsp3) is 0.435. The molecular formula is C23H32N2O5S. The maximum atomic E-state index is 12.4. The number of ether oxygens (including phenoxy) is 2. The molecule has 2 rings (SSSR count). The molecule has 0 saturated carbocycles. The SMILES string of the molecule is CCCOc1ccc(N(CC(=O)NCCCc2ccc(OCC)cc2)S(C)(=O)=O)cc1. The van der Waals surface area contributed by atoms with Gasteiger partial charge in [-0.15, -0.1) is 0 Å². The molecule has 0 bridgehead atoms. The Morgan fingerprint density at radius 2 is 1.58 bits per heavy atom. The lowest BCUT2D eigenvalue weighted by Crippen LogP contribution is -2.40. The quantitative estimate of drug-likeness (QED) is 0.475. The van der Waals surface area contributed by atoms with Crippen LogP contribution in [0.1, 0.15) is 32.3 Å². The number of nitrogens with one attached hydrogen (secondary N) is 1. The number of carbonyl (C=O) groups excluding carboxylic acids is 1. The molecule has 0 aliphatic carbocycles. The number of carbonyl (C=O) groups is 1. The van der Waals surface area contributed by atoms with Gasteiger partial charge in [0.1, 0.15) is 18.0 Å². The standard InChI is InChI=1S/C23H32N2O5S/c1-4-17-30-22-14-10-20(11-15-22)25(31(3,27)28)18-23(26)24-16-6-7-19-8-12-21(13-9-19)29-5-2/h8-15H,4-7,16-18H2,1-3H3,(H,24,26). The average molecular weight is 449 g/mol. The topological polar surface area (TPSA) is 84.9 Å². The monoisotopic (exact) mass is 448 g/mol. The summed E-state index contributed by atoms with van der Waals surface area (Å²) in [7, 11) is -3.61. The van der Waals surface area contributed by atoms with E-state index >= 15 is 0 Å². The molecule has 0 radical (unpaired) electrons. The van der Waals surface area contributed by atoms with Gasteiger partial charge in [0.25, 0.3) is 0 Å². The number of hydrogen-bond acceptors (Lipinski definition) is 5. The molecule has 170 valence electrons. The lowest BCUT2D eigenvalue weighted by Gasteiger charge is -2.22. The van der Waals surface area contributed by atoms with E-state index in [2.05, 4.69) is 5.32 Å². The van der Waals surface area contributed by atoms with Crippen molar-refractivity contribution in [2.45, 2.75) is 33.1 Å². The number of amides is 1. The van der Waals surface area contributed by atoms with E-state index < -0.39 is 10.0 Å². The van der Waals surface area contributed by atoms with Crippen LogP contribution in [0.5, 0.6) is 11.5 Å². The molecular weight excluding hydrogens is 416 g/mol. The molecule has 7 nitrogen and oxygen atoms in total. The van der Waals surface area contributed by atoms with Crippen molar-refractivity contribution >= 4 is 21.6 Å². The second kappa shape index (κ2) is 12.2. The van der Waals surface area contributed by atoms with Gasteiger partial charge in [-0.3, -0.25) is 9.10 Å². The van der Waals surface area contributed by atoms with Crippen molar-refractivity contribution in [3.8, 4) is 11.5 Å². The van der Waals surface area contributed by atoms with E-state index in [1.165, 1.54) is 0 Å². The Balaban J connectivity index is 1.85. The third kappa shape index (κ3) is 8.49. The largest absolute Gasteiger partial charge is 0.494 e. The van der Waals surface area contributed by atoms with E-state index in [-0.39, 0.29) is 12.5 Å². The van der Waals surface area contributed by atoms with Gasteiger partial charge in [0.15, 0.2) is 0 Å². The van der Waals surface area contributed by atoms with Crippen molar-refractivity contribution in [3.05, 3.63) is 54.1 Å². The van der Waals surface area contributed by atoms with Crippen LogP contribution in [0.3, 0.4) is 0 Å². The fourth-order valence-electron chi connectivity index (χ4n) is 2.95. The first kappa shape index (κ1) is 24.5. The Labute approximate surface area is 185 Å². The summed E-state index contributed by atoms with van der Waals surface area (Å²) in [6.07, 6.45) is 3.54. The number of anilines is 1. The van der Waals surface area contributed by atoms with Crippen LogP contribution in [-0.4, -0.2) is 46.9 Å². The number of rotatable bonds is 13. The van der Waals surface area contributed by atoms with E-state index in [1.807, 2.05) is 38.1 Å². The van der Waals surface area contributed by atoms with Gasteiger partial charge in [-0.1, -0.05) is 19.1 Å². The highest BCUT2D eigenvalue weighted by Gasteiger charge is 2.20. The van der Waals surface area contributed by atoms with Crippen molar-refractivity contribution in [2.24, 2.45) is 0 Å². The second-order valence-electron chi connectivity index (χ2n) is 7.14. The maximum Gasteiger partial charge on any atom is 0.240 e. The Kier molecular flexibility index (Phi) is 9.65. The van der Waals surface area contributed by atoms with Gasteiger partial charge in [0, 0.05) is 6.54 Å². The summed E-state index contributed by atoms with van der Waals surface area (Å²) in [6, 6.07) is 14.6. The summed E-state index contributed by atoms with van der Waals surface area (Å²) in [5.41, 5.74) is 1.58. The predicted octanol–water partition coefficient (Wildman–Crippen LogP) is 3.39. The second-order valence-corrected chi connectivity index (χ2v) is 9.05. The third-order valence-electron chi connectivity index (χ3n) is 4.48. The van der Waals surface area contributed by atoms with Gasteiger partial charge in [0.05, 0.1) is 25.2 Å². The van der Waals surface area contributed by atoms with Gasteiger partial charge in [-0.05, 0) is 68.1 Å². The Hall–Kier alpha value is -2.74. The van der Waals surface area contributed by atoms with Gasteiger partial charge in [-0.2, -0.15) is 0 Å². The number of benzene rings is 2. The molecule has 0 atom stereocenters. The Morgan fingerprint density at radius 3 is 2.16 bits per heavy atom. The van der Waals surface area contributed by atoms with Gasteiger partial charge >= 0.3 is 0 Å². The molecule has 31 heavy (non-hydrogen) atoms. The van der Waals surface area contributed by atoms with Crippen molar-refractivity contribution in [2.75, 3.05) is 36.9 Å². The zero-order chi connectivity index (χ0) is 22.7. The van der Waals surface area contributed by atoms with Crippen LogP contribution in [0.15, 0.2) is 48.5 Å². The van der Waals surface area contributed by atoms with Crippen LogP contribution < -0.4 is 19.1 Å². The maximum absolute atomic E-state index is 12.4. The minimum Gasteiger partial charge on any atom is -0.494 e. The van der Waals surface area contributed by atoms with Crippen molar-refractivity contribution in [1.82, 2.24) is 5.32 Å². The first-order valence-corrected chi connectivity index (χ1v) is 12.4. The highest BCUT2D eigenvalue weighted by atomic mass is 32.2. The molecule has 1 amide bonds. The van der Waals surface area contributed by atoms with Crippen LogP contribution in [0, 0.1) is 0 Å². The summed E-state index contributed by atoms with van der Waals surface area (Å²) >= 11 is 0. The molecule has 0 aliphatic rings. The summed E-state index contributed by atoms with van der Waals surface area (Å²) in [4.78, 5) is 12.4. The predicted molar refractivity (Wildman–Crippen MR) is 123 cm³/mol. The van der Waals surface area contributed by atoms with E-state index in [0.29, 0.717) is 31.2 Å². The molecule has 0 heterocycles. The van der Waals surface area contributed by atoms with Crippen molar-refractivity contribution in [3.63, 3.8) is 0 Å². The molecule has 0 unspecified atom stereocenters. The summed E-state index contributed by atoms with van der Waals surface area (Å²) in [6.45, 7) is 5.38. The average Bonchev–Trinajstić information content (AvgIpc) is 2.74. The lowest BCUT2D eigenvalue weighted by molar-refractivity contribution is -0.119. The van der Waals surface area contributed by atoms with Crippen LogP contribution in [0.25, 0.3) is 0 Å². The molecule has 0 aromatic heterocycles. The number of sulfonamides is 1. The summed E-state index contributed by atoms with van der Waals surface area (Å²) < 4.78 is 36.5. The lowest BCUT2D eigenvalue weighted by atomic mass is 10.1. The van der Waals surface area contributed by atoms with Crippen LogP contribution >= 0.6 is 0 Å². The molecule has 0 fully saturated rings. The van der Waals surface area contributed by atoms with Crippen LogP contribution in [0.2, 0.25) is 0 Å². The fourth-order valence-corrected chi connectivity index (χ4v) is 3.81. The van der Waals surface area contributed by atoms with E-state index in [1.54, 1.807) is 24.3 Å². The molecule has 0 spiro atoms. The Morgan fingerprint density at radius 1 is 0.968 bits per heavy atom. The minimum absolute atomic E-state index is 0.267. The first-order valence-electron chi connectivity index (χ1n) is 10.5. The van der Waals surface area contributed by atoms with Gasteiger partial charge < -0.3 is 14.8 Å². The molecule has 2 aromatic carbocycles. The summed E-state index contributed by atoms with van der Waals surface area (Å²) in [5, 5.41) is 2.80. The number of aryl methyl sites for hydroxylation is 1. The van der Waals surface area contributed by atoms with Crippen molar-refractivity contribution < 1.29 is 22.7 Å². The van der Waals surface area contributed by atoms with Gasteiger partial charge in [-0.25, -0.2) is 8.42 Å². The normalized spacial score (nSPS) is 11.1. The van der Waals surface area contributed by atoms with E-state index in [9.17, 15) is 13.2 Å². The zero-order valence-electron chi connectivity index (χ0n) is 18.5. The molecule has 0 saturated heterocycles. The van der Waals surface area contributed by atoms with Gasteiger partial charge in [0.2, 0.25) is 15.9 Å². The van der Waals surface area contributed by atoms with Crippen molar-refractivity contribution in [1.29, 1.82) is 0 Å². The highest BCUT2D eigenvalue weighted by molar-refractivity contribution is 7.92. The number of nitrogens with zero attached hydrogens (tertiary/aromatic N) is 1. The first-order chi connectivity index (χ1) is 14.8. The number of hydrogen-bond donors (Lipinski definition) is 1. The summed E-state index contributed by atoms with van der Waals surface area (Å²) in [5.74, 6) is 1.16. The smallest absolute Gasteiger partial charge is 0.240 e. The highest BCUT2D eigenvalue weighted by Crippen LogP contribution is 2.21. The Bertz CT molecular complexity index is 912. The van der Waals surface area contributed by atoms with Crippen LogP contribution in [-0.2, 0) is 21.2 Å². The molecule has 1 N–H and O–H groups in total.